The van der Waals surface area contributed by atoms with E-state index in [4.69, 9.17) is 23.2 Å². The van der Waals surface area contributed by atoms with Crippen molar-refractivity contribution in [3.8, 4) is 0 Å². The molecule has 5 heteroatoms. The number of fused-ring (bicyclic) bond motifs is 1. The lowest BCUT2D eigenvalue weighted by atomic mass is 10.0. The summed E-state index contributed by atoms with van der Waals surface area (Å²) < 4.78 is 13.8. The Kier molecular flexibility index (Phi) is 3.24. The van der Waals surface area contributed by atoms with Gasteiger partial charge in [-0.1, -0.05) is 29.3 Å². The summed E-state index contributed by atoms with van der Waals surface area (Å²) in [5.41, 5.74) is 0.967. The minimum absolute atomic E-state index is 0.0892. The molecule has 3 rings (SSSR count). The highest BCUT2D eigenvalue weighted by Crippen LogP contribution is 2.28. The Morgan fingerprint density at radius 2 is 1.95 bits per heavy atom. The normalized spacial score (nSPS) is 10.9. The maximum absolute atomic E-state index is 13.8. The van der Waals surface area contributed by atoms with E-state index < -0.39 is 11.6 Å². The van der Waals surface area contributed by atoms with Crippen LogP contribution in [0, 0.1) is 5.82 Å². The zero-order valence-corrected chi connectivity index (χ0v) is 11.6. The van der Waals surface area contributed by atoms with Crippen molar-refractivity contribution in [2.45, 2.75) is 0 Å². The van der Waals surface area contributed by atoms with E-state index in [1.165, 1.54) is 24.4 Å². The second-order valence-corrected chi connectivity index (χ2v) is 5.16. The molecule has 1 N–H and O–H groups in total. The van der Waals surface area contributed by atoms with Crippen LogP contribution < -0.4 is 0 Å². The average Bonchev–Trinajstić information content (AvgIpc) is 2.81. The van der Waals surface area contributed by atoms with E-state index in [9.17, 15) is 9.18 Å². The van der Waals surface area contributed by atoms with Gasteiger partial charge >= 0.3 is 0 Å². The van der Waals surface area contributed by atoms with Crippen molar-refractivity contribution in [1.82, 2.24) is 4.98 Å². The van der Waals surface area contributed by atoms with Crippen molar-refractivity contribution in [3.05, 3.63) is 69.6 Å². The highest BCUT2D eigenvalue weighted by atomic mass is 35.5. The van der Waals surface area contributed by atoms with Crippen LogP contribution in [0.5, 0.6) is 0 Å². The first kappa shape index (κ1) is 13.2. The molecule has 3 aromatic rings. The third-order valence-electron chi connectivity index (χ3n) is 3.08. The van der Waals surface area contributed by atoms with Gasteiger partial charge in [0.15, 0.2) is 5.78 Å². The molecule has 1 aromatic heterocycles. The summed E-state index contributed by atoms with van der Waals surface area (Å²) in [7, 11) is 0. The minimum Gasteiger partial charge on any atom is -0.360 e. The number of benzene rings is 2. The maximum atomic E-state index is 13.8. The highest BCUT2D eigenvalue weighted by molar-refractivity contribution is 6.36. The molecule has 20 heavy (non-hydrogen) atoms. The van der Waals surface area contributed by atoms with Crippen LogP contribution in [0.2, 0.25) is 10.0 Å². The van der Waals surface area contributed by atoms with Crippen LogP contribution in [-0.4, -0.2) is 10.8 Å². The SMILES string of the molecule is O=C(c1c(F)cccc1Cl)c1c[nH]c2ccc(Cl)cc12. The number of rotatable bonds is 2. The molecule has 0 amide bonds. The second-order valence-electron chi connectivity index (χ2n) is 4.32. The number of carbonyl (C=O) groups excluding carboxylic acids is 1. The molecule has 0 spiro atoms. The Labute approximate surface area is 124 Å². The first-order valence-electron chi connectivity index (χ1n) is 5.83. The van der Waals surface area contributed by atoms with Crippen molar-refractivity contribution in [2.24, 2.45) is 0 Å². The molecule has 0 saturated heterocycles. The van der Waals surface area contributed by atoms with E-state index in [1.807, 2.05) is 0 Å². The summed E-state index contributed by atoms with van der Waals surface area (Å²) in [6, 6.07) is 9.29. The van der Waals surface area contributed by atoms with E-state index >= 15 is 0 Å². The summed E-state index contributed by atoms with van der Waals surface area (Å²) in [5, 5.41) is 1.24. The molecule has 0 radical (unpaired) electrons. The molecular formula is C15H8Cl2FNO. The first-order chi connectivity index (χ1) is 9.58. The number of hydrogen-bond acceptors (Lipinski definition) is 1. The number of nitrogens with one attached hydrogen (secondary N) is 1. The third-order valence-corrected chi connectivity index (χ3v) is 3.63. The largest absolute Gasteiger partial charge is 0.360 e. The minimum atomic E-state index is -0.640. The van der Waals surface area contributed by atoms with Gasteiger partial charge in [0.05, 0.1) is 10.6 Å². The van der Waals surface area contributed by atoms with Crippen LogP contribution >= 0.6 is 23.2 Å². The van der Waals surface area contributed by atoms with Gasteiger partial charge in [-0.3, -0.25) is 4.79 Å². The molecule has 0 atom stereocenters. The number of halogens is 3. The lowest BCUT2D eigenvalue weighted by Crippen LogP contribution is -2.04. The zero-order chi connectivity index (χ0) is 14.3. The highest BCUT2D eigenvalue weighted by Gasteiger charge is 2.20. The summed E-state index contributed by atoms with van der Waals surface area (Å²) in [5.74, 6) is -1.11. The standard InChI is InChI=1S/C15H8Cl2FNO/c16-8-4-5-13-9(6-8)10(7-19-13)15(20)14-11(17)2-1-3-12(14)18/h1-7,19H. The van der Waals surface area contributed by atoms with Gasteiger partial charge in [-0.05, 0) is 30.3 Å². The lowest BCUT2D eigenvalue weighted by molar-refractivity contribution is 0.103. The van der Waals surface area contributed by atoms with Gasteiger partial charge in [0.2, 0.25) is 0 Å². The number of H-pyrrole nitrogens is 1. The van der Waals surface area contributed by atoms with Gasteiger partial charge in [0.25, 0.3) is 0 Å². The quantitative estimate of drug-likeness (QED) is 0.675. The van der Waals surface area contributed by atoms with Crippen molar-refractivity contribution < 1.29 is 9.18 Å². The van der Waals surface area contributed by atoms with Crippen molar-refractivity contribution in [3.63, 3.8) is 0 Å². The molecule has 2 nitrogen and oxygen atoms in total. The number of hydrogen-bond donors (Lipinski definition) is 1. The van der Waals surface area contributed by atoms with Gasteiger partial charge in [-0.25, -0.2) is 4.39 Å². The molecule has 0 aliphatic heterocycles. The molecule has 1 heterocycles. The predicted octanol–water partition coefficient (Wildman–Crippen LogP) is 4.84. The fourth-order valence-electron chi connectivity index (χ4n) is 2.13. The fraction of sp³-hybridized carbons (Fsp3) is 0. The van der Waals surface area contributed by atoms with Crippen LogP contribution in [0.15, 0.2) is 42.6 Å². The van der Waals surface area contributed by atoms with Gasteiger partial charge in [0.1, 0.15) is 5.82 Å². The number of carbonyl (C=O) groups is 1. The van der Waals surface area contributed by atoms with E-state index in [1.54, 1.807) is 18.2 Å². The Bertz CT molecular complexity index is 806. The van der Waals surface area contributed by atoms with Gasteiger partial charge in [-0.15, -0.1) is 0 Å². The smallest absolute Gasteiger partial charge is 0.199 e. The lowest BCUT2D eigenvalue weighted by Gasteiger charge is -2.04. The van der Waals surface area contributed by atoms with Crippen LogP contribution in [0.1, 0.15) is 15.9 Å². The molecule has 2 aromatic carbocycles. The average molecular weight is 308 g/mol. The van der Waals surface area contributed by atoms with Crippen LogP contribution in [-0.2, 0) is 0 Å². The van der Waals surface area contributed by atoms with Gasteiger partial charge in [-0.2, -0.15) is 0 Å². The van der Waals surface area contributed by atoms with Gasteiger partial charge < -0.3 is 4.98 Å². The predicted molar refractivity (Wildman–Crippen MR) is 78.2 cm³/mol. The monoisotopic (exact) mass is 307 g/mol. The van der Waals surface area contributed by atoms with E-state index in [-0.39, 0.29) is 10.6 Å². The van der Waals surface area contributed by atoms with Crippen molar-refractivity contribution >= 4 is 39.9 Å². The zero-order valence-electron chi connectivity index (χ0n) is 10.1. The fourth-order valence-corrected chi connectivity index (χ4v) is 2.55. The van der Waals surface area contributed by atoms with E-state index in [2.05, 4.69) is 4.98 Å². The Balaban J connectivity index is 2.21. The van der Waals surface area contributed by atoms with Crippen molar-refractivity contribution in [2.75, 3.05) is 0 Å². The molecule has 100 valence electrons. The summed E-state index contributed by atoms with van der Waals surface area (Å²) in [4.78, 5) is 15.4. The number of ketones is 1. The van der Waals surface area contributed by atoms with Gasteiger partial charge in [0, 0.05) is 27.7 Å². The molecule has 0 fully saturated rings. The second kappa shape index (κ2) is 4.93. The maximum Gasteiger partial charge on any atom is 0.199 e. The van der Waals surface area contributed by atoms with Crippen molar-refractivity contribution in [1.29, 1.82) is 0 Å². The van der Waals surface area contributed by atoms with Crippen LogP contribution in [0.3, 0.4) is 0 Å². The molecule has 0 aliphatic carbocycles. The number of aromatic nitrogens is 1. The van der Waals surface area contributed by atoms with Crippen LogP contribution in [0.4, 0.5) is 4.39 Å². The molecule has 0 unspecified atom stereocenters. The third kappa shape index (κ3) is 2.09. The summed E-state index contributed by atoms with van der Waals surface area (Å²) >= 11 is 11.9. The summed E-state index contributed by atoms with van der Waals surface area (Å²) in [6.45, 7) is 0. The Morgan fingerprint density at radius 3 is 2.70 bits per heavy atom. The Morgan fingerprint density at radius 1 is 1.15 bits per heavy atom. The number of aromatic amines is 1. The van der Waals surface area contributed by atoms with Crippen LogP contribution in [0.25, 0.3) is 10.9 Å². The molecule has 0 bridgehead atoms. The molecule has 0 aliphatic rings. The Hall–Kier alpha value is -1.84. The first-order valence-corrected chi connectivity index (χ1v) is 6.59. The van der Waals surface area contributed by atoms with E-state index in [0.717, 1.165) is 5.52 Å². The summed E-state index contributed by atoms with van der Waals surface area (Å²) in [6.07, 6.45) is 1.53. The molecule has 0 saturated carbocycles. The topological polar surface area (TPSA) is 32.9 Å². The molecular weight excluding hydrogens is 300 g/mol. The van der Waals surface area contributed by atoms with E-state index in [0.29, 0.717) is 16.0 Å².